The van der Waals surface area contributed by atoms with Crippen LogP contribution in [0.4, 0.5) is 0 Å². The number of nitrogens with one attached hydrogen (secondary N) is 1. The van der Waals surface area contributed by atoms with Crippen molar-refractivity contribution < 1.29 is 14.6 Å². The molecule has 1 fully saturated rings. The molecule has 4 N–H and O–H groups in total. The van der Waals surface area contributed by atoms with Crippen LogP contribution < -0.4 is 15.8 Å². The SMILES string of the molecule is NC(=O)c1cc(OCCN2CCNCC2)ccc1O. The van der Waals surface area contributed by atoms with E-state index in [1.807, 2.05) is 0 Å². The van der Waals surface area contributed by atoms with E-state index >= 15 is 0 Å². The Balaban J connectivity index is 1.85. The number of benzene rings is 1. The van der Waals surface area contributed by atoms with Gasteiger partial charge in [-0.3, -0.25) is 9.69 Å². The quantitative estimate of drug-likeness (QED) is 0.685. The minimum Gasteiger partial charge on any atom is -0.507 e. The normalized spacial score (nSPS) is 16.2. The molecule has 1 saturated heterocycles. The molecule has 1 aliphatic heterocycles. The lowest BCUT2D eigenvalue weighted by Gasteiger charge is -2.26. The largest absolute Gasteiger partial charge is 0.507 e. The first-order valence-corrected chi connectivity index (χ1v) is 6.35. The van der Waals surface area contributed by atoms with Gasteiger partial charge in [0.2, 0.25) is 0 Å². The van der Waals surface area contributed by atoms with E-state index in [4.69, 9.17) is 10.5 Å². The first kappa shape index (κ1) is 13.6. The number of piperazine rings is 1. The number of primary amides is 1. The van der Waals surface area contributed by atoms with Crippen molar-refractivity contribution in [2.24, 2.45) is 5.73 Å². The highest BCUT2D eigenvalue weighted by molar-refractivity contribution is 5.95. The summed E-state index contributed by atoms with van der Waals surface area (Å²) in [4.78, 5) is 13.4. The number of amides is 1. The van der Waals surface area contributed by atoms with E-state index in [9.17, 15) is 9.90 Å². The fourth-order valence-electron chi connectivity index (χ4n) is 2.03. The summed E-state index contributed by atoms with van der Waals surface area (Å²) in [5, 5.41) is 12.8. The van der Waals surface area contributed by atoms with E-state index in [0.717, 1.165) is 32.7 Å². The smallest absolute Gasteiger partial charge is 0.252 e. The predicted octanol–water partition coefficient (Wildman–Crippen LogP) is -0.225. The number of phenols is 1. The van der Waals surface area contributed by atoms with Crippen LogP contribution in [0.3, 0.4) is 0 Å². The van der Waals surface area contributed by atoms with Crippen LogP contribution in [0.5, 0.6) is 11.5 Å². The Morgan fingerprint density at radius 3 is 2.84 bits per heavy atom. The van der Waals surface area contributed by atoms with E-state index in [1.165, 1.54) is 12.1 Å². The van der Waals surface area contributed by atoms with Crippen molar-refractivity contribution in [3.63, 3.8) is 0 Å². The van der Waals surface area contributed by atoms with Gasteiger partial charge in [0, 0.05) is 32.7 Å². The fraction of sp³-hybridized carbons (Fsp3) is 0.462. The number of rotatable bonds is 5. The zero-order valence-electron chi connectivity index (χ0n) is 10.8. The van der Waals surface area contributed by atoms with Gasteiger partial charge in [0.05, 0.1) is 5.56 Å². The van der Waals surface area contributed by atoms with Crippen molar-refractivity contribution in [1.82, 2.24) is 10.2 Å². The summed E-state index contributed by atoms with van der Waals surface area (Å²) < 4.78 is 5.57. The van der Waals surface area contributed by atoms with Gasteiger partial charge in [-0.2, -0.15) is 0 Å². The number of carbonyl (C=O) groups excluding carboxylic acids is 1. The first-order valence-electron chi connectivity index (χ1n) is 6.35. The molecule has 1 aromatic carbocycles. The summed E-state index contributed by atoms with van der Waals surface area (Å²) in [6, 6.07) is 4.51. The maximum atomic E-state index is 11.1. The molecule has 1 aliphatic rings. The van der Waals surface area contributed by atoms with Gasteiger partial charge in [0.15, 0.2) is 0 Å². The minimum absolute atomic E-state index is 0.0830. The number of nitrogens with two attached hydrogens (primary N) is 1. The molecule has 0 bridgehead atoms. The Bertz CT molecular complexity index is 445. The average Bonchev–Trinajstić information content (AvgIpc) is 2.41. The molecule has 0 spiro atoms. The second-order valence-corrected chi connectivity index (χ2v) is 4.48. The maximum absolute atomic E-state index is 11.1. The molecule has 6 nitrogen and oxygen atoms in total. The average molecular weight is 265 g/mol. The number of carbonyl (C=O) groups is 1. The molecule has 104 valence electrons. The van der Waals surface area contributed by atoms with Crippen LogP contribution in [0.2, 0.25) is 0 Å². The van der Waals surface area contributed by atoms with Crippen LogP contribution in [-0.4, -0.2) is 55.2 Å². The zero-order chi connectivity index (χ0) is 13.7. The molecule has 0 unspecified atom stereocenters. The molecule has 6 heteroatoms. The zero-order valence-corrected chi connectivity index (χ0v) is 10.8. The molecule has 2 rings (SSSR count). The molecule has 0 aromatic heterocycles. The van der Waals surface area contributed by atoms with Crippen molar-refractivity contribution in [2.75, 3.05) is 39.3 Å². The second kappa shape index (κ2) is 6.40. The Hall–Kier alpha value is -1.79. The van der Waals surface area contributed by atoms with E-state index in [1.54, 1.807) is 6.07 Å². The molecule has 1 heterocycles. The van der Waals surface area contributed by atoms with E-state index < -0.39 is 5.91 Å². The number of hydrogen-bond donors (Lipinski definition) is 3. The molecule has 0 radical (unpaired) electrons. The van der Waals surface area contributed by atoms with Crippen molar-refractivity contribution in [2.45, 2.75) is 0 Å². The number of nitrogens with zero attached hydrogens (tertiary/aromatic N) is 1. The van der Waals surface area contributed by atoms with Gasteiger partial charge in [-0.15, -0.1) is 0 Å². The van der Waals surface area contributed by atoms with Gasteiger partial charge < -0.3 is 20.9 Å². The summed E-state index contributed by atoms with van der Waals surface area (Å²) >= 11 is 0. The van der Waals surface area contributed by atoms with E-state index in [0.29, 0.717) is 12.4 Å². The van der Waals surface area contributed by atoms with Crippen LogP contribution in [0.15, 0.2) is 18.2 Å². The maximum Gasteiger partial charge on any atom is 0.252 e. The summed E-state index contributed by atoms with van der Waals surface area (Å²) in [5.74, 6) is -0.242. The highest BCUT2D eigenvalue weighted by Crippen LogP contribution is 2.22. The topological polar surface area (TPSA) is 87.8 Å². The Labute approximate surface area is 112 Å². The summed E-state index contributed by atoms with van der Waals surface area (Å²) in [5.41, 5.74) is 5.24. The van der Waals surface area contributed by atoms with Gasteiger partial charge in [0.1, 0.15) is 18.1 Å². The predicted molar refractivity (Wildman–Crippen MR) is 71.4 cm³/mol. The minimum atomic E-state index is -0.662. The van der Waals surface area contributed by atoms with Crippen LogP contribution >= 0.6 is 0 Å². The second-order valence-electron chi connectivity index (χ2n) is 4.48. The lowest BCUT2D eigenvalue weighted by molar-refractivity contribution is 0.0997. The van der Waals surface area contributed by atoms with Crippen molar-refractivity contribution in [3.05, 3.63) is 23.8 Å². The molecule has 1 aromatic rings. The molecule has 0 saturated carbocycles. The highest BCUT2D eigenvalue weighted by Gasteiger charge is 2.11. The van der Waals surface area contributed by atoms with Gasteiger partial charge in [-0.1, -0.05) is 0 Å². The van der Waals surface area contributed by atoms with Gasteiger partial charge in [0.25, 0.3) is 5.91 Å². The molecular weight excluding hydrogens is 246 g/mol. The summed E-state index contributed by atoms with van der Waals surface area (Å²) in [6.45, 7) is 5.43. The lowest BCUT2D eigenvalue weighted by Crippen LogP contribution is -2.44. The summed E-state index contributed by atoms with van der Waals surface area (Å²) in [6.07, 6.45) is 0. The third-order valence-electron chi connectivity index (χ3n) is 3.12. The standard InChI is InChI=1S/C13H19N3O3/c14-13(18)11-9-10(1-2-12(11)17)19-8-7-16-5-3-15-4-6-16/h1-2,9,15,17H,3-8H2,(H2,14,18). The van der Waals surface area contributed by atoms with Gasteiger partial charge >= 0.3 is 0 Å². The number of ether oxygens (including phenoxy) is 1. The van der Waals surface area contributed by atoms with Crippen molar-refractivity contribution in [3.8, 4) is 11.5 Å². The van der Waals surface area contributed by atoms with Crippen LogP contribution in [0.1, 0.15) is 10.4 Å². The first-order chi connectivity index (χ1) is 9.16. The molecule has 0 atom stereocenters. The monoisotopic (exact) mass is 265 g/mol. The molecule has 0 aliphatic carbocycles. The number of aromatic hydroxyl groups is 1. The van der Waals surface area contributed by atoms with E-state index in [2.05, 4.69) is 10.2 Å². The Kier molecular flexibility index (Phi) is 4.59. The lowest BCUT2D eigenvalue weighted by atomic mass is 10.2. The molecule has 1 amide bonds. The molecule has 19 heavy (non-hydrogen) atoms. The highest BCUT2D eigenvalue weighted by atomic mass is 16.5. The van der Waals surface area contributed by atoms with Crippen molar-refractivity contribution >= 4 is 5.91 Å². The van der Waals surface area contributed by atoms with Crippen LogP contribution in [0.25, 0.3) is 0 Å². The molecular formula is C13H19N3O3. The van der Waals surface area contributed by atoms with Crippen LogP contribution in [0, 0.1) is 0 Å². The third-order valence-corrected chi connectivity index (χ3v) is 3.12. The van der Waals surface area contributed by atoms with Crippen molar-refractivity contribution in [1.29, 1.82) is 0 Å². The number of hydrogen-bond acceptors (Lipinski definition) is 5. The van der Waals surface area contributed by atoms with Gasteiger partial charge in [-0.25, -0.2) is 0 Å². The fourth-order valence-corrected chi connectivity index (χ4v) is 2.03. The summed E-state index contributed by atoms with van der Waals surface area (Å²) in [7, 11) is 0. The van der Waals surface area contributed by atoms with Gasteiger partial charge in [-0.05, 0) is 18.2 Å². The third kappa shape index (κ3) is 3.84. The Morgan fingerprint density at radius 1 is 1.42 bits per heavy atom. The Morgan fingerprint density at radius 2 is 2.16 bits per heavy atom. The van der Waals surface area contributed by atoms with E-state index in [-0.39, 0.29) is 11.3 Å². The van der Waals surface area contributed by atoms with Crippen LogP contribution in [-0.2, 0) is 0 Å².